The van der Waals surface area contributed by atoms with Crippen molar-refractivity contribution in [3.63, 3.8) is 0 Å². The second-order valence-corrected chi connectivity index (χ2v) is 5.94. The van der Waals surface area contributed by atoms with Gasteiger partial charge in [-0.3, -0.25) is 9.59 Å². The van der Waals surface area contributed by atoms with Crippen molar-refractivity contribution in [2.75, 3.05) is 32.0 Å². The maximum Gasteiger partial charge on any atom is 0.232 e. The molecule has 1 unspecified atom stereocenters. The second kappa shape index (κ2) is 7.53. The summed E-state index contributed by atoms with van der Waals surface area (Å²) in [5.41, 5.74) is 1.28. The van der Waals surface area contributed by atoms with E-state index in [1.807, 2.05) is 0 Å². The maximum absolute atomic E-state index is 13.4. The minimum Gasteiger partial charge on any atom is -0.493 e. The molecule has 7 nitrogen and oxygen atoms in total. The van der Waals surface area contributed by atoms with E-state index in [0.29, 0.717) is 34.2 Å². The maximum atomic E-state index is 13.4. The highest BCUT2D eigenvalue weighted by Crippen LogP contribution is 2.40. The summed E-state index contributed by atoms with van der Waals surface area (Å²) in [5.74, 6) is -0.804. The lowest BCUT2D eigenvalue weighted by Crippen LogP contribution is -2.30. The highest BCUT2D eigenvalue weighted by Gasteiger charge is 2.31. The summed E-state index contributed by atoms with van der Waals surface area (Å²) >= 11 is 0. The second-order valence-electron chi connectivity index (χ2n) is 5.94. The Hall–Kier alpha value is -3.29. The fourth-order valence-corrected chi connectivity index (χ4v) is 3.05. The molecule has 0 fully saturated rings. The molecule has 1 atom stereocenters. The van der Waals surface area contributed by atoms with E-state index in [0.717, 1.165) is 0 Å². The molecule has 8 heteroatoms. The van der Waals surface area contributed by atoms with Gasteiger partial charge in [0.15, 0.2) is 11.5 Å². The Morgan fingerprint density at radius 1 is 1.11 bits per heavy atom. The van der Waals surface area contributed by atoms with Crippen LogP contribution in [0.25, 0.3) is 0 Å². The third-order valence-electron chi connectivity index (χ3n) is 4.30. The van der Waals surface area contributed by atoms with Gasteiger partial charge >= 0.3 is 0 Å². The highest BCUT2D eigenvalue weighted by atomic mass is 19.1. The number of methoxy groups -OCH3 is 3. The first-order chi connectivity index (χ1) is 13.0. The molecule has 0 saturated carbocycles. The van der Waals surface area contributed by atoms with E-state index in [9.17, 15) is 14.0 Å². The predicted molar refractivity (Wildman–Crippen MR) is 97.1 cm³/mol. The summed E-state index contributed by atoms with van der Waals surface area (Å²) in [7, 11) is 4.42. The van der Waals surface area contributed by atoms with E-state index in [-0.39, 0.29) is 12.3 Å². The van der Waals surface area contributed by atoms with Crippen LogP contribution in [0.5, 0.6) is 17.2 Å². The van der Waals surface area contributed by atoms with Crippen LogP contribution in [0.2, 0.25) is 0 Å². The average Bonchev–Trinajstić information content (AvgIpc) is 2.65. The van der Waals surface area contributed by atoms with Crippen LogP contribution < -0.4 is 24.8 Å². The van der Waals surface area contributed by atoms with Crippen LogP contribution in [0.15, 0.2) is 30.3 Å². The number of carbonyl (C=O) groups is 2. The molecule has 1 heterocycles. The van der Waals surface area contributed by atoms with Gasteiger partial charge in [-0.25, -0.2) is 4.39 Å². The molecule has 2 N–H and O–H groups in total. The number of fused-ring (bicyclic) bond motifs is 1. The lowest BCUT2D eigenvalue weighted by molar-refractivity contribution is -0.123. The first-order valence-corrected chi connectivity index (χ1v) is 8.17. The zero-order valence-corrected chi connectivity index (χ0v) is 15.1. The van der Waals surface area contributed by atoms with Gasteiger partial charge in [0.1, 0.15) is 5.82 Å². The smallest absolute Gasteiger partial charge is 0.232 e. The number of anilines is 2. The normalized spacial score (nSPS) is 15.4. The van der Waals surface area contributed by atoms with Crippen molar-refractivity contribution >= 4 is 23.2 Å². The Kier molecular flexibility index (Phi) is 5.16. The Morgan fingerprint density at radius 2 is 1.78 bits per heavy atom. The van der Waals surface area contributed by atoms with E-state index < -0.39 is 17.6 Å². The number of rotatable bonds is 5. The number of carbonyl (C=O) groups excluding carboxylic acids is 2. The van der Waals surface area contributed by atoms with Crippen molar-refractivity contribution in [3.8, 4) is 17.2 Å². The Morgan fingerprint density at radius 3 is 2.37 bits per heavy atom. The van der Waals surface area contributed by atoms with E-state index in [1.165, 1.54) is 39.5 Å². The number of halogens is 1. The zero-order chi connectivity index (χ0) is 19.6. The van der Waals surface area contributed by atoms with E-state index >= 15 is 0 Å². The van der Waals surface area contributed by atoms with E-state index in [4.69, 9.17) is 14.2 Å². The van der Waals surface area contributed by atoms with Crippen molar-refractivity contribution in [1.82, 2.24) is 0 Å². The molecule has 2 aromatic carbocycles. The molecule has 0 bridgehead atoms. The minimum atomic E-state index is -0.742. The van der Waals surface area contributed by atoms with Gasteiger partial charge in [0, 0.05) is 29.9 Å². The number of nitrogens with one attached hydrogen (secondary N) is 2. The quantitative estimate of drug-likeness (QED) is 0.841. The van der Waals surface area contributed by atoms with Crippen molar-refractivity contribution in [3.05, 3.63) is 41.7 Å². The topological polar surface area (TPSA) is 85.9 Å². The fourth-order valence-electron chi connectivity index (χ4n) is 3.05. The van der Waals surface area contributed by atoms with Gasteiger partial charge in [-0.1, -0.05) is 6.07 Å². The number of hydrogen-bond acceptors (Lipinski definition) is 5. The first kappa shape index (κ1) is 18.5. The lowest BCUT2D eigenvalue weighted by atomic mass is 9.89. The Labute approximate surface area is 155 Å². The molecule has 1 aliphatic rings. The van der Waals surface area contributed by atoms with Crippen molar-refractivity contribution in [1.29, 1.82) is 0 Å². The lowest BCUT2D eigenvalue weighted by Gasteiger charge is -2.25. The van der Waals surface area contributed by atoms with Crippen molar-refractivity contribution in [2.45, 2.75) is 12.3 Å². The summed E-state index contributed by atoms with van der Waals surface area (Å²) < 4.78 is 29.2. The van der Waals surface area contributed by atoms with Crippen LogP contribution in [0.4, 0.5) is 15.8 Å². The summed E-state index contributed by atoms with van der Waals surface area (Å²) in [6, 6.07) is 7.15. The minimum absolute atomic E-state index is 0.0328. The van der Waals surface area contributed by atoms with Crippen LogP contribution in [0.1, 0.15) is 17.9 Å². The summed E-state index contributed by atoms with van der Waals surface area (Å²) in [5, 5.41) is 5.35. The molecule has 142 valence electrons. The molecule has 2 amide bonds. The monoisotopic (exact) mass is 374 g/mol. The van der Waals surface area contributed by atoms with E-state index in [1.54, 1.807) is 12.1 Å². The largest absolute Gasteiger partial charge is 0.493 e. The van der Waals surface area contributed by atoms with Gasteiger partial charge in [-0.15, -0.1) is 0 Å². The Bertz CT molecular complexity index is 875. The van der Waals surface area contributed by atoms with Crippen LogP contribution in [-0.4, -0.2) is 33.1 Å². The van der Waals surface area contributed by atoms with Gasteiger partial charge < -0.3 is 24.8 Å². The molecule has 2 aromatic rings. The molecule has 1 aliphatic heterocycles. The molecular weight excluding hydrogens is 355 g/mol. The highest BCUT2D eigenvalue weighted by molar-refractivity contribution is 6.05. The van der Waals surface area contributed by atoms with Gasteiger partial charge in [-0.2, -0.15) is 0 Å². The van der Waals surface area contributed by atoms with Crippen LogP contribution >= 0.6 is 0 Å². The van der Waals surface area contributed by atoms with Crippen LogP contribution in [-0.2, 0) is 9.59 Å². The number of ether oxygens (including phenoxy) is 3. The molecule has 0 radical (unpaired) electrons. The van der Waals surface area contributed by atoms with Crippen LogP contribution in [0, 0.1) is 5.82 Å². The summed E-state index contributed by atoms with van der Waals surface area (Å²) in [4.78, 5) is 24.7. The predicted octanol–water partition coefficient (Wildman–Crippen LogP) is 2.92. The summed E-state index contributed by atoms with van der Waals surface area (Å²) in [6.07, 6.45) is -0.0328. The van der Waals surface area contributed by atoms with Gasteiger partial charge in [0.05, 0.1) is 27.2 Å². The van der Waals surface area contributed by atoms with Gasteiger partial charge in [-0.05, 0) is 17.7 Å². The first-order valence-electron chi connectivity index (χ1n) is 8.17. The number of benzene rings is 2. The molecule has 0 aliphatic carbocycles. The van der Waals surface area contributed by atoms with Crippen molar-refractivity contribution in [2.24, 2.45) is 0 Å². The number of hydrogen-bond donors (Lipinski definition) is 2. The van der Waals surface area contributed by atoms with E-state index in [2.05, 4.69) is 10.6 Å². The zero-order valence-electron chi connectivity index (χ0n) is 15.1. The van der Waals surface area contributed by atoms with Crippen LogP contribution in [0.3, 0.4) is 0 Å². The molecule has 0 aromatic heterocycles. The molecule has 27 heavy (non-hydrogen) atoms. The van der Waals surface area contributed by atoms with Gasteiger partial charge in [0.25, 0.3) is 0 Å². The third-order valence-corrected chi connectivity index (χ3v) is 4.30. The fraction of sp³-hybridized carbons (Fsp3) is 0.263. The summed E-state index contributed by atoms with van der Waals surface area (Å²) in [6.45, 7) is 0. The SMILES string of the molecule is COc1cc(NC(=O)C2CC(=O)Nc3cc(F)ccc32)cc(OC)c1OC. The average molecular weight is 374 g/mol. The molecule has 0 spiro atoms. The third kappa shape index (κ3) is 3.64. The Balaban J connectivity index is 1.91. The molecule has 0 saturated heterocycles. The molecular formula is C19H19FN2O5. The van der Waals surface area contributed by atoms with Gasteiger partial charge in [0.2, 0.25) is 17.6 Å². The number of amides is 2. The van der Waals surface area contributed by atoms with Crippen molar-refractivity contribution < 1.29 is 28.2 Å². The molecule has 3 rings (SSSR count). The standard InChI is InChI=1S/C19H19FN2O5/c1-25-15-7-11(8-16(26-2)18(15)27-3)21-19(24)13-9-17(23)22-14-6-10(20)4-5-12(13)14/h4-8,13H,9H2,1-3H3,(H,21,24)(H,22,23).